The average molecular weight is 326 g/mol. The van der Waals surface area contributed by atoms with E-state index in [0.29, 0.717) is 12.5 Å². The lowest BCUT2D eigenvalue weighted by molar-refractivity contribution is 0.981. The number of aryl methyl sites for hydroxylation is 1. The lowest BCUT2D eigenvalue weighted by atomic mass is 10.2. The van der Waals surface area contributed by atoms with E-state index in [1.807, 2.05) is 19.1 Å². The van der Waals surface area contributed by atoms with Crippen LogP contribution in [0, 0.1) is 10.5 Å². The first-order valence-corrected chi connectivity index (χ1v) is 5.95. The second kappa shape index (κ2) is 5.20. The van der Waals surface area contributed by atoms with E-state index >= 15 is 0 Å². The fourth-order valence-electron chi connectivity index (χ4n) is 1.27. The van der Waals surface area contributed by atoms with Gasteiger partial charge in [0, 0.05) is 22.2 Å². The smallest absolute Gasteiger partial charge is 0.222 e. The van der Waals surface area contributed by atoms with E-state index in [1.54, 1.807) is 18.6 Å². The molecule has 0 aromatic carbocycles. The summed E-state index contributed by atoms with van der Waals surface area (Å²) in [5.74, 6) is 0.630. The Hall–Kier alpha value is -1.24. The van der Waals surface area contributed by atoms with Gasteiger partial charge in [0.1, 0.15) is 0 Å². The largest absolute Gasteiger partial charge is 0.349 e. The number of hydrogen-bond acceptors (Lipinski definition) is 4. The Morgan fingerprint density at radius 1 is 1.25 bits per heavy atom. The Labute approximate surface area is 108 Å². The molecule has 2 aromatic heterocycles. The maximum absolute atomic E-state index is 4.29. The molecule has 0 aliphatic carbocycles. The predicted octanol–water partition coefficient (Wildman–Crippen LogP) is 2.40. The molecule has 0 unspecified atom stereocenters. The summed E-state index contributed by atoms with van der Waals surface area (Å²) in [5.41, 5.74) is 2.19. The molecule has 0 saturated carbocycles. The van der Waals surface area contributed by atoms with Crippen molar-refractivity contribution >= 4 is 28.5 Å². The van der Waals surface area contributed by atoms with Crippen molar-refractivity contribution in [3.8, 4) is 0 Å². The van der Waals surface area contributed by atoms with E-state index in [-0.39, 0.29) is 0 Å². The summed E-state index contributed by atoms with van der Waals surface area (Å²) in [4.78, 5) is 12.6. The number of halogens is 1. The first-order chi connectivity index (χ1) is 7.75. The third-order valence-electron chi connectivity index (χ3n) is 2.15. The van der Waals surface area contributed by atoms with Crippen LogP contribution in [0.1, 0.15) is 11.3 Å². The van der Waals surface area contributed by atoms with Crippen molar-refractivity contribution in [1.29, 1.82) is 0 Å². The maximum Gasteiger partial charge on any atom is 0.222 e. The van der Waals surface area contributed by atoms with E-state index in [9.17, 15) is 0 Å². The fourth-order valence-corrected chi connectivity index (χ4v) is 1.55. The maximum atomic E-state index is 4.29. The van der Waals surface area contributed by atoms with Crippen LogP contribution in [0.3, 0.4) is 0 Å². The van der Waals surface area contributed by atoms with Crippen LogP contribution < -0.4 is 5.32 Å². The molecular formula is C11H11IN4. The standard InChI is InChI=1S/C11H11IN4/c1-8-3-2-4-13-10(8)7-16-11-14-5-9(12)6-15-11/h2-6H,7H2,1H3,(H,14,15,16). The molecule has 82 valence electrons. The molecule has 0 amide bonds. The molecule has 5 heteroatoms. The third-order valence-corrected chi connectivity index (χ3v) is 2.71. The highest BCUT2D eigenvalue weighted by Gasteiger charge is 2.00. The second-order valence-electron chi connectivity index (χ2n) is 3.35. The topological polar surface area (TPSA) is 50.7 Å². The molecule has 0 saturated heterocycles. The molecule has 0 radical (unpaired) electrons. The zero-order valence-corrected chi connectivity index (χ0v) is 11.0. The molecule has 0 aliphatic heterocycles. The van der Waals surface area contributed by atoms with Crippen molar-refractivity contribution in [2.45, 2.75) is 13.5 Å². The summed E-state index contributed by atoms with van der Waals surface area (Å²) < 4.78 is 1.03. The molecule has 0 aliphatic rings. The van der Waals surface area contributed by atoms with Crippen LogP contribution in [0.15, 0.2) is 30.7 Å². The molecule has 1 N–H and O–H groups in total. The normalized spacial score (nSPS) is 10.1. The molecule has 2 heterocycles. The van der Waals surface area contributed by atoms with Gasteiger partial charge in [0.2, 0.25) is 5.95 Å². The average Bonchev–Trinajstić information content (AvgIpc) is 2.30. The molecule has 2 rings (SSSR count). The van der Waals surface area contributed by atoms with Gasteiger partial charge in [0.25, 0.3) is 0 Å². The van der Waals surface area contributed by atoms with E-state index in [0.717, 1.165) is 9.26 Å². The Bertz CT molecular complexity index is 470. The summed E-state index contributed by atoms with van der Waals surface area (Å²) >= 11 is 2.18. The number of pyridine rings is 1. The van der Waals surface area contributed by atoms with Crippen molar-refractivity contribution in [2.75, 3.05) is 5.32 Å². The van der Waals surface area contributed by atoms with Crippen molar-refractivity contribution in [3.05, 3.63) is 45.6 Å². The fraction of sp³-hybridized carbons (Fsp3) is 0.182. The Balaban J connectivity index is 2.02. The van der Waals surface area contributed by atoms with Gasteiger partial charge in [-0.3, -0.25) is 4.98 Å². The van der Waals surface area contributed by atoms with Crippen LogP contribution in [0.5, 0.6) is 0 Å². The predicted molar refractivity (Wildman–Crippen MR) is 71.0 cm³/mol. The van der Waals surface area contributed by atoms with Crippen molar-refractivity contribution in [3.63, 3.8) is 0 Å². The highest BCUT2D eigenvalue weighted by atomic mass is 127. The van der Waals surface area contributed by atoms with E-state index < -0.39 is 0 Å². The summed E-state index contributed by atoms with van der Waals surface area (Å²) in [6, 6.07) is 3.97. The van der Waals surface area contributed by atoms with Gasteiger partial charge in [-0.2, -0.15) is 0 Å². The quantitative estimate of drug-likeness (QED) is 0.880. The number of nitrogens with one attached hydrogen (secondary N) is 1. The van der Waals surface area contributed by atoms with Gasteiger partial charge in [-0.25, -0.2) is 9.97 Å². The Morgan fingerprint density at radius 2 is 2.00 bits per heavy atom. The zero-order chi connectivity index (χ0) is 11.4. The summed E-state index contributed by atoms with van der Waals surface area (Å²) in [7, 11) is 0. The van der Waals surface area contributed by atoms with E-state index in [1.165, 1.54) is 5.56 Å². The van der Waals surface area contributed by atoms with Crippen LogP contribution >= 0.6 is 22.6 Å². The van der Waals surface area contributed by atoms with Gasteiger partial charge >= 0.3 is 0 Å². The number of nitrogens with zero attached hydrogens (tertiary/aromatic N) is 3. The summed E-state index contributed by atoms with van der Waals surface area (Å²) in [6.07, 6.45) is 5.35. The first-order valence-electron chi connectivity index (χ1n) is 4.87. The Morgan fingerprint density at radius 3 is 2.69 bits per heavy atom. The van der Waals surface area contributed by atoms with Crippen LogP contribution in [-0.4, -0.2) is 15.0 Å². The monoisotopic (exact) mass is 326 g/mol. The minimum absolute atomic E-state index is 0.630. The van der Waals surface area contributed by atoms with Crippen LogP contribution in [0.4, 0.5) is 5.95 Å². The number of anilines is 1. The molecule has 4 nitrogen and oxygen atoms in total. The van der Waals surface area contributed by atoms with Gasteiger partial charge in [0.05, 0.1) is 12.2 Å². The molecule has 0 atom stereocenters. The molecule has 16 heavy (non-hydrogen) atoms. The highest BCUT2D eigenvalue weighted by molar-refractivity contribution is 14.1. The van der Waals surface area contributed by atoms with Gasteiger partial charge in [-0.1, -0.05) is 6.07 Å². The first kappa shape index (κ1) is 11.3. The third kappa shape index (κ3) is 2.88. The molecular weight excluding hydrogens is 315 g/mol. The minimum Gasteiger partial charge on any atom is -0.349 e. The van der Waals surface area contributed by atoms with Crippen LogP contribution in [-0.2, 0) is 6.54 Å². The van der Waals surface area contributed by atoms with Crippen LogP contribution in [0.25, 0.3) is 0 Å². The number of aromatic nitrogens is 3. The molecule has 0 bridgehead atoms. The second-order valence-corrected chi connectivity index (χ2v) is 4.59. The SMILES string of the molecule is Cc1cccnc1CNc1ncc(I)cn1. The van der Waals surface area contributed by atoms with Gasteiger partial charge in [-0.05, 0) is 41.1 Å². The lowest BCUT2D eigenvalue weighted by Crippen LogP contribution is -2.06. The molecule has 0 fully saturated rings. The van der Waals surface area contributed by atoms with Crippen molar-refractivity contribution in [2.24, 2.45) is 0 Å². The van der Waals surface area contributed by atoms with E-state index in [4.69, 9.17) is 0 Å². The molecule has 2 aromatic rings. The minimum atomic E-state index is 0.630. The van der Waals surface area contributed by atoms with Gasteiger partial charge in [-0.15, -0.1) is 0 Å². The zero-order valence-electron chi connectivity index (χ0n) is 8.81. The summed E-state index contributed by atoms with van der Waals surface area (Å²) in [6.45, 7) is 2.69. The molecule has 0 spiro atoms. The number of hydrogen-bond donors (Lipinski definition) is 1. The summed E-state index contributed by atoms with van der Waals surface area (Å²) in [5, 5.41) is 3.14. The van der Waals surface area contributed by atoms with Gasteiger partial charge in [0.15, 0.2) is 0 Å². The Kier molecular flexibility index (Phi) is 3.66. The number of rotatable bonds is 3. The van der Waals surface area contributed by atoms with Crippen molar-refractivity contribution < 1.29 is 0 Å². The van der Waals surface area contributed by atoms with E-state index in [2.05, 4.69) is 42.9 Å². The van der Waals surface area contributed by atoms with Gasteiger partial charge < -0.3 is 5.32 Å². The lowest BCUT2D eigenvalue weighted by Gasteiger charge is -2.06. The van der Waals surface area contributed by atoms with Crippen molar-refractivity contribution in [1.82, 2.24) is 15.0 Å². The van der Waals surface area contributed by atoms with Crippen LogP contribution in [0.2, 0.25) is 0 Å². The highest BCUT2D eigenvalue weighted by Crippen LogP contribution is 2.07.